The Morgan fingerprint density at radius 3 is 2.11 bits per heavy atom. The normalized spacial score (nSPS) is 10.4. The first-order valence-electron chi connectivity index (χ1n) is 5.35. The van der Waals surface area contributed by atoms with Crippen LogP contribution < -0.4 is 5.73 Å². The van der Waals surface area contributed by atoms with Crippen molar-refractivity contribution in [1.29, 1.82) is 0 Å². The fraction of sp³-hybridized carbons (Fsp3) is 0.0714. The second kappa shape index (κ2) is 4.56. The highest BCUT2D eigenvalue weighted by Crippen LogP contribution is 2.17. The maximum Gasteiger partial charge on any atom is 0.193 e. The lowest BCUT2D eigenvalue weighted by Gasteiger charge is -2.04. The Morgan fingerprint density at radius 1 is 1.00 bits per heavy atom. The number of carbonyl (C=O) groups is 1. The van der Waals surface area contributed by atoms with E-state index in [4.69, 9.17) is 5.73 Å². The maximum absolute atomic E-state index is 13.4. The van der Waals surface area contributed by atoms with Crippen molar-refractivity contribution in [3.63, 3.8) is 0 Å². The van der Waals surface area contributed by atoms with Gasteiger partial charge in [0.25, 0.3) is 0 Å². The first kappa shape index (κ1) is 12.2. The molecule has 0 saturated carbocycles. The largest absolute Gasteiger partial charge is 0.396 e. The van der Waals surface area contributed by atoms with Crippen LogP contribution in [0.3, 0.4) is 0 Å². The van der Waals surface area contributed by atoms with Gasteiger partial charge in [-0.3, -0.25) is 4.79 Å². The second-order valence-corrected chi connectivity index (χ2v) is 4.03. The molecule has 0 bridgehead atoms. The van der Waals surface area contributed by atoms with E-state index in [1.54, 1.807) is 6.92 Å². The van der Waals surface area contributed by atoms with Crippen LogP contribution in [-0.4, -0.2) is 5.78 Å². The molecule has 0 fully saturated rings. The maximum atomic E-state index is 13.4. The first-order valence-corrected chi connectivity index (χ1v) is 5.35. The summed E-state index contributed by atoms with van der Waals surface area (Å²) in [6.45, 7) is 1.60. The van der Waals surface area contributed by atoms with Gasteiger partial charge in [-0.2, -0.15) is 0 Å². The Hall–Kier alpha value is -2.23. The van der Waals surface area contributed by atoms with Gasteiger partial charge >= 0.3 is 0 Å². The van der Waals surface area contributed by atoms with E-state index in [-0.39, 0.29) is 16.8 Å². The fourth-order valence-corrected chi connectivity index (χ4v) is 1.57. The van der Waals surface area contributed by atoms with Gasteiger partial charge in [0.05, 0.1) is 5.69 Å². The topological polar surface area (TPSA) is 43.1 Å². The van der Waals surface area contributed by atoms with Crippen molar-refractivity contribution in [2.24, 2.45) is 0 Å². The predicted octanol–water partition coefficient (Wildman–Crippen LogP) is 3.09. The van der Waals surface area contributed by atoms with Crippen molar-refractivity contribution in [3.05, 3.63) is 64.7 Å². The summed E-state index contributed by atoms with van der Waals surface area (Å²) in [5, 5.41) is 0. The molecule has 0 spiro atoms. The van der Waals surface area contributed by atoms with E-state index < -0.39 is 17.4 Å². The van der Waals surface area contributed by atoms with Gasteiger partial charge in [0.2, 0.25) is 0 Å². The van der Waals surface area contributed by atoms with E-state index in [2.05, 4.69) is 0 Å². The number of aryl methyl sites for hydroxylation is 1. The van der Waals surface area contributed by atoms with Crippen LogP contribution in [0.1, 0.15) is 21.5 Å². The number of rotatable bonds is 2. The molecular weight excluding hydrogens is 236 g/mol. The van der Waals surface area contributed by atoms with Crippen LogP contribution in [0.5, 0.6) is 0 Å². The molecule has 0 amide bonds. The molecule has 0 aliphatic rings. The van der Waals surface area contributed by atoms with Gasteiger partial charge in [-0.1, -0.05) is 12.1 Å². The molecule has 0 aromatic heterocycles. The smallest absolute Gasteiger partial charge is 0.193 e. The lowest BCUT2D eigenvalue weighted by molar-refractivity contribution is 0.103. The molecule has 2 nitrogen and oxygen atoms in total. The number of nitrogens with two attached hydrogens (primary N) is 1. The van der Waals surface area contributed by atoms with Crippen molar-refractivity contribution < 1.29 is 13.6 Å². The van der Waals surface area contributed by atoms with Crippen LogP contribution in [0.15, 0.2) is 36.4 Å². The molecule has 0 atom stereocenters. The van der Waals surface area contributed by atoms with E-state index >= 15 is 0 Å². The zero-order chi connectivity index (χ0) is 13.3. The van der Waals surface area contributed by atoms with Crippen LogP contribution in [0, 0.1) is 18.6 Å². The summed E-state index contributed by atoms with van der Waals surface area (Å²) in [5.74, 6) is -1.56. The highest BCUT2D eigenvalue weighted by atomic mass is 19.1. The van der Waals surface area contributed by atoms with Crippen LogP contribution in [0.4, 0.5) is 14.5 Å². The van der Waals surface area contributed by atoms with E-state index in [1.807, 2.05) is 0 Å². The lowest BCUT2D eigenvalue weighted by atomic mass is 10.0. The molecule has 92 valence electrons. The summed E-state index contributed by atoms with van der Waals surface area (Å²) in [6.07, 6.45) is 0. The number of ketones is 1. The highest BCUT2D eigenvalue weighted by Gasteiger charge is 2.12. The minimum absolute atomic E-state index is 0.0263. The molecule has 0 aliphatic heterocycles. The van der Waals surface area contributed by atoms with Crippen LogP contribution >= 0.6 is 0 Å². The van der Waals surface area contributed by atoms with Gasteiger partial charge in [-0.05, 0) is 36.8 Å². The number of anilines is 1. The van der Waals surface area contributed by atoms with E-state index in [1.165, 1.54) is 24.3 Å². The first-order chi connectivity index (χ1) is 8.49. The van der Waals surface area contributed by atoms with Gasteiger partial charge in [0.15, 0.2) is 5.78 Å². The zero-order valence-corrected chi connectivity index (χ0v) is 9.71. The zero-order valence-electron chi connectivity index (χ0n) is 9.71. The summed E-state index contributed by atoms with van der Waals surface area (Å²) in [7, 11) is 0. The van der Waals surface area contributed by atoms with Gasteiger partial charge < -0.3 is 5.73 Å². The molecule has 2 N–H and O–H groups in total. The van der Waals surface area contributed by atoms with Crippen molar-refractivity contribution in [3.8, 4) is 0 Å². The Balaban J connectivity index is 2.41. The molecule has 2 aromatic rings. The van der Waals surface area contributed by atoms with Gasteiger partial charge in [0.1, 0.15) is 11.6 Å². The van der Waals surface area contributed by atoms with Crippen LogP contribution in [-0.2, 0) is 0 Å². The molecule has 4 heteroatoms. The predicted molar refractivity (Wildman–Crippen MR) is 65.4 cm³/mol. The Kier molecular flexibility index (Phi) is 3.10. The SMILES string of the molecule is Cc1ccc(C(=O)c2ccc(N)c(F)c2)cc1F. The van der Waals surface area contributed by atoms with E-state index in [0.29, 0.717) is 5.56 Å². The molecule has 0 unspecified atom stereocenters. The summed E-state index contributed by atoms with van der Waals surface area (Å²) < 4.78 is 26.6. The lowest BCUT2D eigenvalue weighted by Crippen LogP contribution is -2.04. The summed E-state index contributed by atoms with van der Waals surface area (Å²) in [4.78, 5) is 12.0. The quantitative estimate of drug-likeness (QED) is 0.654. The van der Waals surface area contributed by atoms with E-state index in [0.717, 1.165) is 12.1 Å². The Labute approximate surface area is 103 Å². The average Bonchev–Trinajstić information content (AvgIpc) is 2.35. The molecule has 0 aliphatic carbocycles. The standard InChI is InChI=1S/C14H11F2NO/c1-8-2-3-9(6-11(8)15)14(18)10-4-5-13(17)12(16)7-10/h2-7H,17H2,1H3. The van der Waals surface area contributed by atoms with Gasteiger partial charge in [-0.15, -0.1) is 0 Å². The Bertz CT molecular complexity index is 570. The fourth-order valence-electron chi connectivity index (χ4n) is 1.57. The summed E-state index contributed by atoms with van der Waals surface area (Å²) in [6, 6.07) is 7.94. The van der Waals surface area contributed by atoms with E-state index in [9.17, 15) is 13.6 Å². The van der Waals surface area contributed by atoms with Gasteiger partial charge in [-0.25, -0.2) is 8.78 Å². The minimum atomic E-state index is -0.659. The van der Waals surface area contributed by atoms with Crippen molar-refractivity contribution in [1.82, 2.24) is 0 Å². The molecule has 2 aromatic carbocycles. The second-order valence-electron chi connectivity index (χ2n) is 4.03. The minimum Gasteiger partial charge on any atom is -0.396 e. The van der Waals surface area contributed by atoms with Crippen molar-refractivity contribution in [2.45, 2.75) is 6.92 Å². The number of nitrogen functional groups attached to an aromatic ring is 1. The molecule has 18 heavy (non-hydrogen) atoms. The number of hydrogen-bond donors (Lipinski definition) is 1. The molecule has 0 saturated heterocycles. The van der Waals surface area contributed by atoms with Crippen molar-refractivity contribution >= 4 is 11.5 Å². The molecule has 2 rings (SSSR count). The monoisotopic (exact) mass is 247 g/mol. The third-order valence-electron chi connectivity index (χ3n) is 2.70. The molecule has 0 heterocycles. The number of hydrogen-bond acceptors (Lipinski definition) is 2. The number of benzene rings is 2. The average molecular weight is 247 g/mol. The number of halogens is 2. The Morgan fingerprint density at radius 2 is 1.56 bits per heavy atom. The molecule has 0 radical (unpaired) electrons. The van der Waals surface area contributed by atoms with Crippen LogP contribution in [0.2, 0.25) is 0 Å². The highest BCUT2D eigenvalue weighted by molar-refractivity contribution is 6.09. The molecular formula is C14H11F2NO. The third kappa shape index (κ3) is 2.22. The summed E-state index contributed by atoms with van der Waals surface area (Å²) in [5.41, 5.74) is 6.08. The van der Waals surface area contributed by atoms with Crippen molar-refractivity contribution in [2.75, 3.05) is 5.73 Å². The number of carbonyl (C=O) groups excluding carboxylic acids is 1. The third-order valence-corrected chi connectivity index (χ3v) is 2.70. The summed E-state index contributed by atoms with van der Waals surface area (Å²) >= 11 is 0. The van der Waals surface area contributed by atoms with Gasteiger partial charge in [0, 0.05) is 11.1 Å². The van der Waals surface area contributed by atoms with Crippen LogP contribution in [0.25, 0.3) is 0 Å².